The van der Waals surface area contributed by atoms with Crippen molar-refractivity contribution in [3.05, 3.63) is 48.0 Å². The average Bonchev–Trinajstić information content (AvgIpc) is 2.29. The van der Waals surface area contributed by atoms with E-state index in [1.54, 1.807) is 7.11 Å². The van der Waals surface area contributed by atoms with Crippen LogP contribution >= 0.6 is 15.9 Å². The van der Waals surface area contributed by atoms with E-state index in [0.29, 0.717) is 0 Å². The second-order valence-electron chi connectivity index (χ2n) is 3.30. The average molecular weight is 282 g/mol. The first kappa shape index (κ1) is 12.8. The van der Waals surface area contributed by atoms with Gasteiger partial charge in [-0.15, -0.1) is 13.2 Å². The molecule has 0 aliphatic carbocycles. The van der Waals surface area contributed by atoms with Gasteiger partial charge in [0.15, 0.2) is 0 Å². The smallest absolute Gasteiger partial charge is 0.120 e. The van der Waals surface area contributed by atoms with Gasteiger partial charge in [-0.1, -0.05) is 12.2 Å². The van der Waals surface area contributed by atoms with E-state index in [1.165, 1.54) is 0 Å². The number of anilines is 1. The fourth-order valence-corrected chi connectivity index (χ4v) is 2.06. The number of ether oxygens (including phenoxy) is 1. The van der Waals surface area contributed by atoms with Gasteiger partial charge < -0.3 is 9.64 Å². The van der Waals surface area contributed by atoms with E-state index in [0.717, 1.165) is 29.0 Å². The Morgan fingerprint density at radius 2 is 1.94 bits per heavy atom. The maximum absolute atomic E-state index is 5.16. The molecule has 0 spiro atoms. The Balaban J connectivity index is 2.99. The van der Waals surface area contributed by atoms with Crippen LogP contribution in [0.3, 0.4) is 0 Å². The maximum Gasteiger partial charge on any atom is 0.120 e. The minimum absolute atomic E-state index is 0.789. The number of halogens is 1. The van der Waals surface area contributed by atoms with E-state index in [1.807, 2.05) is 30.4 Å². The lowest BCUT2D eigenvalue weighted by Gasteiger charge is -2.23. The van der Waals surface area contributed by atoms with Gasteiger partial charge in [0.2, 0.25) is 0 Å². The summed E-state index contributed by atoms with van der Waals surface area (Å²) in [6.45, 7) is 9.09. The number of methoxy groups -OCH3 is 1. The number of hydrogen-bond acceptors (Lipinski definition) is 2. The Bertz CT molecular complexity index is 366. The zero-order valence-electron chi connectivity index (χ0n) is 9.45. The molecule has 0 radical (unpaired) electrons. The van der Waals surface area contributed by atoms with E-state index in [-0.39, 0.29) is 0 Å². The van der Waals surface area contributed by atoms with Crippen LogP contribution < -0.4 is 9.64 Å². The van der Waals surface area contributed by atoms with Crippen LogP contribution in [0.5, 0.6) is 5.75 Å². The van der Waals surface area contributed by atoms with Crippen LogP contribution in [-0.2, 0) is 0 Å². The van der Waals surface area contributed by atoms with Crippen LogP contribution in [0.25, 0.3) is 0 Å². The molecule has 1 aromatic rings. The molecule has 0 aromatic heterocycles. The molecule has 2 nitrogen and oxygen atoms in total. The van der Waals surface area contributed by atoms with Crippen molar-refractivity contribution in [3.8, 4) is 5.75 Å². The molecule has 0 N–H and O–H groups in total. The second-order valence-corrected chi connectivity index (χ2v) is 4.15. The zero-order chi connectivity index (χ0) is 12.0. The standard InChI is InChI=1S/C13H16BrNO/c1-4-8-15(9-5-2)13-7-6-11(16-3)10-12(13)14/h4-7,10H,1-2,8-9H2,3H3. The lowest BCUT2D eigenvalue weighted by Crippen LogP contribution is -2.23. The first-order valence-electron chi connectivity index (χ1n) is 5.03. The van der Waals surface area contributed by atoms with E-state index >= 15 is 0 Å². The molecule has 16 heavy (non-hydrogen) atoms. The quantitative estimate of drug-likeness (QED) is 0.739. The van der Waals surface area contributed by atoms with Gasteiger partial charge in [-0.2, -0.15) is 0 Å². The summed E-state index contributed by atoms with van der Waals surface area (Å²) >= 11 is 3.54. The molecular formula is C13H16BrNO. The van der Waals surface area contributed by atoms with E-state index in [9.17, 15) is 0 Å². The van der Waals surface area contributed by atoms with Gasteiger partial charge in [-0.05, 0) is 34.1 Å². The fourth-order valence-electron chi connectivity index (χ4n) is 1.45. The van der Waals surface area contributed by atoms with Crippen molar-refractivity contribution < 1.29 is 4.74 Å². The number of benzene rings is 1. The van der Waals surface area contributed by atoms with Crippen molar-refractivity contribution in [2.45, 2.75) is 0 Å². The number of nitrogens with zero attached hydrogens (tertiary/aromatic N) is 1. The van der Waals surface area contributed by atoms with Crippen LogP contribution in [0.4, 0.5) is 5.69 Å². The molecule has 0 aliphatic rings. The minimum Gasteiger partial charge on any atom is -0.497 e. The predicted molar refractivity (Wildman–Crippen MR) is 73.3 cm³/mol. The fraction of sp³-hybridized carbons (Fsp3) is 0.231. The van der Waals surface area contributed by atoms with Gasteiger partial charge in [-0.25, -0.2) is 0 Å². The lowest BCUT2D eigenvalue weighted by atomic mass is 10.2. The van der Waals surface area contributed by atoms with Gasteiger partial charge in [0.25, 0.3) is 0 Å². The molecule has 0 aliphatic heterocycles. The zero-order valence-corrected chi connectivity index (χ0v) is 11.0. The topological polar surface area (TPSA) is 12.5 Å². The molecule has 1 rings (SSSR count). The lowest BCUT2D eigenvalue weighted by molar-refractivity contribution is 0.414. The molecule has 0 unspecified atom stereocenters. The van der Waals surface area contributed by atoms with Crippen LogP contribution in [0.2, 0.25) is 0 Å². The second kappa shape index (κ2) is 6.38. The van der Waals surface area contributed by atoms with Crippen molar-refractivity contribution in [1.29, 1.82) is 0 Å². The van der Waals surface area contributed by atoms with Crippen molar-refractivity contribution in [2.24, 2.45) is 0 Å². The molecule has 0 atom stereocenters. The minimum atomic E-state index is 0.789. The first-order chi connectivity index (χ1) is 7.72. The molecule has 86 valence electrons. The number of hydrogen-bond donors (Lipinski definition) is 0. The molecule has 1 aromatic carbocycles. The molecule has 0 heterocycles. The Kier molecular flexibility index (Phi) is 5.12. The van der Waals surface area contributed by atoms with Crippen LogP contribution in [0.1, 0.15) is 0 Å². The third-order valence-electron chi connectivity index (χ3n) is 2.19. The van der Waals surface area contributed by atoms with Crippen molar-refractivity contribution >= 4 is 21.6 Å². The highest BCUT2D eigenvalue weighted by Crippen LogP contribution is 2.30. The van der Waals surface area contributed by atoms with Crippen LogP contribution in [0, 0.1) is 0 Å². The first-order valence-corrected chi connectivity index (χ1v) is 5.82. The normalized spacial score (nSPS) is 9.62. The van der Waals surface area contributed by atoms with Crippen molar-refractivity contribution in [1.82, 2.24) is 0 Å². The highest BCUT2D eigenvalue weighted by molar-refractivity contribution is 9.10. The molecule has 0 fully saturated rings. The van der Waals surface area contributed by atoms with Gasteiger partial charge in [0.1, 0.15) is 5.75 Å². The highest BCUT2D eigenvalue weighted by Gasteiger charge is 2.08. The van der Waals surface area contributed by atoms with E-state index < -0.39 is 0 Å². The maximum atomic E-state index is 5.16. The summed E-state index contributed by atoms with van der Waals surface area (Å²) in [6, 6.07) is 5.92. The Morgan fingerprint density at radius 1 is 1.31 bits per heavy atom. The summed E-state index contributed by atoms with van der Waals surface area (Å²) in [4.78, 5) is 2.17. The molecule has 0 saturated carbocycles. The summed E-state index contributed by atoms with van der Waals surface area (Å²) in [5, 5.41) is 0. The largest absolute Gasteiger partial charge is 0.497 e. The van der Waals surface area contributed by atoms with E-state index in [4.69, 9.17) is 4.74 Å². The van der Waals surface area contributed by atoms with Gasteiger partial charge in [0.05, 0.1) is 12.8 Å². The molecule has 3 heteroatoms. The summed E-state index contributed by atoms with van der Waals surface area (Å²) in [7, 11) is 1.66. The van der Waals surface area contributed by atoms with Gasteiger partial charge in [0, 0.05) is 17.6 Å². The summed E-state index contributed by atoms with van der Waals surface area (Å²) in [6.07, 6.45) is 3.75. The van der Waals surface area contributed by atoms with Crippen molar-refractivity contribution in [3.63, 3.8) is 0 Å². The highest BCUT2D eigenvalue weighted by atomic mass is 79.9. The van der Waals surface area contributed by atoms with Gasteiger partial charge >= 0.3 is 0 Å². The molecule has 0 bridgehead atoms. The summed E-state index contributed by atoms with van der Waals surface area (Å²) in [5.41, 5.74) is 1.11. The Hall–Kier alpha value is -1.22. The van der Waals surface area contributed by atoms with Crippen LogP contribution in [0.15, 0.2) is 48.0 Å². The SMILES string of the molecule is C=CCN(CC=C)c1ccc(OC)cc1Br. The molecule has 0 saturated heterocycles. The van der Waals surface area contributed by atoms with Crippen molar-refractivity contribution in [2.75, 3.05) is 25.1 Å². The summed E-state index contributed by atoms with van der Waals surface area (Å²) in [5.74, 6) is 0.841. The molecule has 0 amide bonds. The number of rotatable bonds is 6. The monoisotopic (exact) mass is 281 g/mol. The third-order valence-corrected chi connectivity index (χ3v) is 2.83. The Labute approximate surface area is 105 Å². The van der Waals surface area contributed by atoms with E-state index in [2.05, 4.69) is 34.0 Å². The third kappa shape index (κ3) is 3.14. The summed E-state index contributed by atoms with van der Waals surface area (Å²) < 4.78 is 6.17. The molecular weight excluding hydrogens is 266 g/mol. The van der Waals surface area contributed by atoms with Crippen LogP contribution in [-0.4, -0.2) is 20.2 Å². The van der Waals surface area contributed by atoms with Gasteiger partial charge in [-0.3, -0.25) is 0 Å². The predicted octanol–water partition coefficient (Wildman–Crippen LogP) is 3.64. The Morgan fingerprint density at radius 3 is 2.38 bits per heavy atom.